The monoisotopic (exact) mass is 221 g/mol. The SMILES string of the molecule is C=CCCSc1cccc(CNCC)c1. The minimum atomic E-state index is 0.965. The van der Waals surface area contributed by atoms with Crippen LogP contribution >= 0.6 is 11.8 Å². The van der Waals surface area contributed by atoms with Crippen LogP contribution in [0.4, 0.5) is 0 Å². The second kappa shape index (κ2) is 7.55. The summed E-state index contributed by atoms with van der Waals surface area (Å²) in [4.78, 5) is 1.35. The van der Waals surface area contributed by atoms with Gasteiger partial charge in [-0.1, -0.05) is 25.1 Å². The van der Waals surface area contributed by atoms with E-state index in [0.717, 1.165) is 25.3 Å². The van der Waals surface area contributed by atoms with Gasteiger partial charge >= 0.3 is 0 Å². The maximum atomic E-state index is 3.73. The molecule has 0 aliphatic heterocycles. The van der Waals surface area contributed by atoms with Gasteiger partial charge in [0, 0.05) is 17.2 Å². The molecule has 1 N–H and O–H groups in total. The van der Waals surface area contributed by atoms with Gasteiger partial charge in [-0.2, -0.15) is 0 Å². The van der Waals surface area contributed by atoms with Crippen LogP contribution in [0.15, 0.2) is 41.8 Å². The molecular formula is C13H19NS. The second-order valence-corrected chi connectivity index (χ2v) is 4.52. The van der Waals surface area contributed by atoms with Crippen LogP contribution in [0.25, 0.3) is 0 Å². The Kier molecular flexibility index (Phi) is 6.21. The first-order chi connectivity index (χ1) is 7.36. The lowest BCUT2D eigenvalue weighted by atomic mass is 10.2. The first kappa shape index (κ1) is 12.3. The Bertz CT molecular complexity index is 296. The summed E-state index contributed by atoms with van der Waals surface area (Å²) >= 11 is 1.89. The summed E-state index contributed by atoms with van der Waals surface area (Å²) in [6, 6.07) is 8.72. The van der Waals surface area contributed by atoms with E-state index >= 15 is 0 Å². The van der Waals surface area contributed by atoms with Crippen molar-refractivity contribution in [2.45, 2.75) is 24.8 Å². The number of rotatable bonds is 7. The van der Waals surface area contributed by atoms with Crippen molar-refractivity contribution in [3.05, 3.63) is 42.5 Å². The van der Waals surface area contributed by atoms with E-state index in [1.54, 1.807) is 0 Å². The summed E-state index contributed by atoms with van der Waals surface area (Å²) in [6.45, 7) is 7.84. The third-order valence-electron chi connectivity index (χ3n) is 2.07. The van der Waals surface area contributed by atoms with E-state index in [1.165, 1.54) is 10.5 Å². The van der Waals surface area contributed by atoms with E-state index < -0.39 is 0 Å². The summed E-state index contributed by atoms with van der Waals surface area (Å²) in [6.07, 6.45) is 3.04. The van der Waals surface area contributed by atoms with E-state index in [0.29, 0.717) is 0 Å². The lowest BCUT2D eigenvalue weighted by Crippen LogP contribution is -2.11. The number of hydrogen-bond acceptors (Lipinski definition) is 2. The maximum absolute atomic E-state index is 3.73. The van der Waals surface area contributed by atoms with Gasteiger partial charge in [-0.25, -0.2) is 0 Å². The van der Waals surface area contributed by atoms with Gasteiger partial charge in [-0.05, 0) is 30.7 Å². The Morgan fingerprint density at radius 2 is 2.33 bits per heavy atom. The van der Waals surface area contributed by atoms with Gasteiger partial charge in [0.05, 0.1) is 0 Å². The molecule has 0 radical (unpaired) electrons. The molecule has 15 heavy (non-hydrogen) atoms. The Hall–Kier alpha value is -0.730. The molecule has 82 valence electrons. The van der Waals surface area contributed by atoms with Crippen LogP contribution in [0, 0.1) is 0 Å². The second-order valence-electron chi connectivity index (χ2n) is 3.35. The molecule has 0 aromatic heterocycles. The molecule has 0 saturated heterocycles. The van der Waals surface area contributed by atoms with Crippen LogP contribution in [-0.2, 0) is 6.54 Å². The summed E-state index contributed by atoms with van der Waals surface area (Å²) in [5, 5.41) is 3.33. The molecule has 0 aliphatic carbocycles. The number of benzene rings is 1. The van der Waals surface area contributed by atoms with Gasteiger partial charge < -0.3 is 5.32 Å². The minimum Gasteiger partial charge on any atom is -0.313 e. The number of thioether (sulfide) groups is 1. The molecule has 0 saturated carbocycles. The predicted octanol–water partition coefficient (Wildman–Crippen LogP) is 3.46. The summed E-state index contributed by atoms with van der Waals surface area (Å²) in [5.74, 6) is 1.12. The summed E-state index contributed by atoms with van der Waals surface area (Å²) < 4.78 is 0. The smallest absolute Gasteiger partial charge is 0.0205 e. The molecule has 0 aliphatic rings. The van der Waals surface area contributed by atoms with Gasteiger partial charge in [0.25, 0.3) is 0 Å². The molecule has 0 atom stereocenters. The van der Waals surface area contributed by atoms with E-state index in [2.05, 4.69) is 43.1 Å². The molecule has 2 heteroatoms. The standard InChI is InChI=1S/C13H19NS/c1-3-5-9-15-13-8-6-7-12(10-13)11-14-4-2/h3,6-8,10,14H,1,4-5,9,11H2,2H3. The Balaban J connectivity index is 2.46. The summed E-state index contributed by atoms with van der Waals surface area (Å²) in [7, 11) is 0. The third kappa shape index (κ3) is 5.05. The van der Waals surface area contributed by atoms with E-state index in [1.807, 2.05) is 17.8 Å². The normalized spacial score (nSPS) is 10.2. The third-order valence-corrected chi connectivity index (χ3v) is 3.10. The molecule has 0 bridgehead atoms. The zero-order chi connectivity index (χ0) is 10.9. The number of allylic oxidation sites excluding steroid dienone is 1. The lowest BCUT2D eigenvalue weighted by molar-refractivity contribution is 0.725. The Morgan fingerprint density at radius 3 is 3.07 bits per heavy atom. The van der Waals surface area contributed by atoms with E-state index in [9.17, 15) is 0 Å². The van der Waals surface area contributed by atoms with Gasteiger partial charge in [-0.15, -0.1) is 18.3 Å². The molecule has 0 fully saturated rings. The molecule has 1 aromatic carbocycles. The highest BCUT2D eigenvalue weighted by molar-refractivity contribution is 7.99. The van der Waals surface area contributed by atoms with Crippen molar-refractivity contribution < 1.29 is 0 Å². The fourth-order valence-electron chi connectivity index (χ4n) is 1.27. The molecule has 1 rings (SSSR count). The fraction of sp³-hybridized carbons (Fsp3) is 0.385. The topological polar surface area (TPSA) is 12.0 Å². The average molecular weight is 221 g/mol. The van der Waals surface area contributed by atoms with Crippen LogP contribution in [-0.4, -0.2) is 12.3 Å². The van der Waals surface area contributed by atoms with Crippen molar-refractivity contribution in [2.24, 2.45) is 0 Å². The number of hydrogen-bond donors (Lipinski definition) is 1. The van der Waals surface area contributed by atoms with Gasteiger partial charge in [0.2, 0.25) is 0 Å². The molecule has 0 spiro atoms. The molecule has 1 aromatic rings. The average Bonchev–Trinajstić information content (AvgIpc) is 2.27. The van der Waals surface area contributed by atoms with Crippen LogP contribution in [0.2, 0.25) is 0 Å². The van der Waals surface area contributed by atoms with Gasteiger partial charge in [0.1, 0.15) is 0 Å². The lowest BCUT2D eigenvalue weighted by Gasteiger charge is -2.04. The van der Waals surface area contributed by atoms with E-state index in [4.69, 9.17) is 0 Å². The van der Waals surface area contributed by atoms with Crippen molar-refractivity contribution >= 4 is 11.8 Å². The molecule has 0 unspecified atom stereocenters. The maximum Gasteiger partial charge on any atom is 0.0205 e. The van der Waals surface area contributed by atoms with Crippen molar-refractivity contribution in [3.8, 4) is 0 Å². The first-order valence-electron chi connectivity index (χ1n) is 5.40. The molecule has 0 heterocycles. The molecule has 0 amide bonds. The molecular weight excluding hydrogens is 202 g/mol. The quantitative estimate of drug-likeness (QED) is 0.430. The fourth-order valence-corrected chi connectivity index (χ4v) is 2.20. The molecule has 1 nitrogen and oxygen atoms in total. The van der Waals surface area contributed by atoms with Gasteiger partial charge in [0.15, 0.2) is 0 Å². The highest BCUT2D eigenvalue weighted by Gasteiger charge is 1.95. The Morgan fingerprint density at radius 1 is 1.47 bits per heavy atom. The zero-order valence-corrected chi connectivity index (χ0v) is 10.1. The van der Waals surface area contributed by atoms with Crippen LogP contribution in [0.1, 0.15) is 18.9 Å². The van der Waals surface area contributed by atoms with Crippen molar-refractivity contribution in [2.75, 3.05) is 12.3 Å². The van der Waals surface area contributed by atoms with Crippen LogP contribution in [0.3, 0.4) is 0 Å². The largest absolute Gasteiger partial charge is 0.313 e. The number of nitrogens with one attached hydrogen (secondary N) is 1. The summed E-state index contributed by atoms with van der Waals surface area (Å²) in [5.41, 5.74) is 1.36. The highest BCUT2D eigenvalue weighted by atomic mass is 32.2. The zero-order valence-electron chi connectivity index (χ0n) is 9.33. The highest BCUT2D eigenvalue weighted by Crippen LogP contribution is 2.19. The van der Waals surface area contributed by atoms with Crippen molar-refractivity contribution in [3.63, 3.8) is 0 Å². The van der Waals surface area contributed by atoms with Crippen LogP contribution in [0.5, 0.6) is 0 Å². The predicted molar refractivity (Wildman–Crippen MR) is 69.4 cm³/mol. The first-order valence-corrected chi connectivity index (χ1v) is 6.38. The van der Waals surface area contributed by atoms with Gasteiger partial charge in [-0.3, -0.25) is 0 Å². The van der Waals surface area contributed by atoms with Crippen molar-refractivity contribution in [1.82, 2.24) is 5.32 Å². The van der Waals surface area contributed by atoms with Crippen LogP contribution < -0.4 is 5.32 Å². The van der Waals surface area contributed by atoms with E-state index in [-0.39, 0.29) is 0 Å². The minimum absolute atomic E-state index is 0.965. The van der Waals surface area contributed by atoms with Crippen molar-refractivity contribution in [1.29, 1.82) is 0 Å². The Labute approximate surface area is 97.0 Å².